The standard InChI is InChI=1S/C10H9N3O3S2/c14-13(15)8-5-12-4-7(16-10(12)11-8)6-18-9-2-1-3-17-9/h1-3,5,7H,4,6H2. The second-order valence-corrected chi connectivity index (χ2v) is 6.04. The van der Waals surface area contributed by atoms with E-state index in [0.717, 1.165) is 5.75 Å². The summed E-state index contributed by atoms with van der Waals surface area (Å²) < 4.78 is 8.50. The number of imidazole rings is 1. The smallest absolute Gasteiger partial charge is 0.414 e. The number of hydrogen-bond donors (Lipinski definition) is 0. The zero-order valence-electron chi connectivity index (χ0n) is 9.18. The predicted octanol–water partition coefficient (Wildman–Crippen LogP) is 2.41. The first-order valence-electron chi connectivity index (χ1n) is 5.27. The lowest BCUT2D eigenvalue weighted by Gasteiger charge is -2.06. The molecule has 8 heteroatoms. The minimum absolute atomic E-state index is 0.0282. The highest BCUT2D eigenvalue weighted by Crippen LogP contribution is 2.29. The molecule has 3 heterocycles. The highest BCUT2D eigenvalue weighted by Gasteiger charge is 2.31. The van der Waals surface area contributed by atoms with Crippen LogP contribution in [0.25, 0.3) is 0 Å². The molecule has 1 unspecified atom stereocenters. The summed E-state index contributed by atoms with van der Waals surface area (Å²) in [7, 11) is 0. The molecule has 1 aliphatic heterocycles. The molecule has 0 bridgehead atoms. The number of thiophene rings is 1. The topological polar surface area (TPSA) is 70.2 Å². The molecule has 1 atom stereocenters. The average Bonchev–Trinajstić information content (AvgIpc) is 3.01. The summed E-state index contributed by atoms with van der Waals surface area (Å²) in [5.41, 5.74) is 0. The number of hydrogen-bond acceptors (Lipinski definition) is 6. The van der Waals surface area contributed by atoms with E-state index < -0.39 is 4.92 Å². The van der Waals surface area contributed by atoms with Gasteiger partial charge in [0.1, 0.15) is 12.3 Å². The maximum Gasteiger partial charge on any atom is 0.414 e. The maximum absolute atomic E-state index is 10.5. The van der Waals surface area contributed by atoms with Gasteiger partial charge in [-0.2, -0.15) is 0 Å². The quantitative estimate of drug-likeness (QED) is 0.489. The van der Waals surface area contributed by atoms with Gasteiger partial charge in [0.25, 0.3) is 0 Å². The first kappa shape index (κ1) is 11.5. The third-order valence-electron chi connectivity index (χ3n) is 2.49. The zero-order valence-corrected chi connectivity index (χ0v) is 10.8. The normalized spacial score (nSPS) is 17.4. The van der Waals surface area contributed by atoms with E-state index in [9.17, 15) is 10.1 Å². The van der Waals surface area contributed by atoms with Crippen LogP contribution in [0.4, 0.5) is 5.82 Å². The van der Waals surface area contributed by atoms with Crippen molar-refractivity contribution in [1.82, 2.24) is 9.55 Å². The lowest BCUT2D eigenvalue weighted by Crippen LogP contribution is -2.17. The Hall–Kier alpha value is -1.54. The summed E-state index contributed by atoms with van der Waals surface area (Å²) in [6, 6.07) is 4.42. The minimum Gasteiger partial charge on any atom is -0.440 e. The third kappa shape index (κ3) is 2.21. The van der Waals surface area contributed by atoms with Gasteiger partial charge in [-0.15, -0.1) is 23.1 Å². The molecule has 2 aromatic heterocycles. The number of nitro groups is 1. The molecule has 0 amide bonds. The molecule has 0 N–H and O–H groups in total. The first-order chi connectivity index (χ1) is 8.72. The Kier molecular flexibility index (Phi) is 2.96. The van der Waals surface area contributed by atoms with Crippen molar-refractivity contribution >= 4 is 28.9 Å². The van der Waals surface area contributed by atoms with Crippen molar-refractivity contribution in [2.24, 2.45) is 0 Å². The Bertz CT molecular complexity index is 543. The van der Waals surface area contributed by atoms with Crippen LogP contribution in [0.2, 0.25) is 0 Å². The van der Waals surface area contributed by atoms with E-state index in [1.165, 1.54) is 10.4 Å². The second-order valence-electron chi connectivity index (χ2n) is 3.77. The van der Waals surface area contributed by atoms with Crippen molar-refractivity contribution < 1.29 is 9.66 Å². The van der Waals surface area contributed by atoms with Crippen LogP contribution in [0.3, 0.4) is 0 Å². The van der Waals surface area contributed by atoms with Gasteiger partial charge < -0.3 is 14.9 Å². The molecule has 0 spiro atoms. The molecule has 0 fully saturated rings. The summed E-state index contributed by atoms with van der Waals surface area (Å²) in [6.45, 7) is 0.620. The van der Waals surface area contributed by atoms with Gasteiger partial charge >= 0.3 is 11.8 Å². The summed E-state index contributed by atoms with van der Waals surface area (Å²) in [5, 5.41) is 12.6. The van der Waals surface area contributed by atoms with E-state index in [2.05, 4.69) is 11.1 Å². The lowest BCUT2D eigenvalue weighted by molar-refractivity contribution is -0.389. The number of ether oxygens (including phenoxy) is 1. The van der Waals surface area contributed by atoms with Gasteiger partial charge in [0.2, 0.25) is 0 Å². The molecule has 1 aliphatic rings. The van der Waals surface area contributed by atoms with Gasteiger partial charge in [0.15, 0.2) is 0 Å². The molecule has 6 nitrogen and oxygen atoms in total. The second kappa shape index (κ2) is 4.62. The molecule has 0 saturated heterocycles. The Morgan fingerprint density at radius 1 is 1.72 bits per heavy atom. The van der Waals surface area contributed by atoms with Crippen LogP contribution in [-0.4, -0.2) is 26.3 Å². The molecule has 0 radical (unpaired) electrons. The fourth-order valence-corrected chi connectivity index (χ4v) is 3.50. The molecule has 0 saturated carbocycles. The summed E-state index contributed by atoms with van der Waals surface area (Å²) in [5.74, 6) is 0.659. The highest BCUT2D eigenvalue weighted by molar-refractivity contribution is 8.01. The van der Waals surface area contributed by atoms with E-state index in [4.69, 9.17) is 4.74 Å². The molecule has 0 aromatic carbocycles. The molecule has 3 rings (SSSR count). The van der Waals surface area contributed by atoms with Crippen LogP contribution in [0.1, 0.15) is 0 Å². The van der Waals surface area contributed by atoms with Crippen LogP contribution >= 0.6 is 23.1 Å². The number of rotatable bonds is 4. The van der Waals surface area contributed by atoms with Gasteiger partial charge in [-0.05, 0) is 16.4 Å². The van der Waals surface area contributed by atoms with Gasteiger partial charge in [0.05, 0.1) is 10.8 Å². The van der Waals surface area contributed by atoms with Crippen LogP contribution in [0.15, 0.2) is 27.9 Å². The van der Waals surface area contributed by atoms with Gasteiger partial charge in [-0.25, -0.2) is 0 Å². The van der Waals surface area contributed by atoms with Gasteiger partial charge in [0, 0.05) is 10.7 Å². The molecule has 0 aliphatic carbocycles. The Morgan fingerprint density at radius 3 is 3.28 bits per heavy atom. The van der Waals surface area contributed by atoms with E-state index in [0.29, 0.717) is 12.6 Å². The fourth-order valence-electron chi connectivity index (χ4n) is 1.71. The number of thioether (sulfide) groups is 1. The third-order valence-corrected chi connectivity index (χ3v) is 4.76. The molecule has 2 aromatic rings. The molecular weight excluding hydrogens is 274 g/mol. The van der Waals surface area contributed by atoms with Crippen molar-refractivity contribution in [3.8, 4) is 6.01 Å². The first-order valence-corrected chi connectivity index (χ1v) is 7.13. The summed E-state index contributed by atoms with van der Waals surface area (Å²) in [4.78, 5) is 13.9. The minimum atomic E-state index is -0.510. The van der Waals surface area contributed by atoms with Crippen molar-refractivity contribution in [2.75, 3.05) is 5.75 Å². The molecule has 18 heavy (non-hydrogen) atoms. The van der Waals surface area contributed by atoms with E-state index in [1.54, 1.807) is 27.7 Å². The number of fused-ring (bicyclic) bond motifs is 1. The largest absolute Gasteiger partial charge is 0.440 e. The molecule has 94 valence electrons. The van der Waals surface area contributed by atoms with Crippen LogP contribution in [0.5, 0.6) is 6.01 Å². The van der Waals surface area contributed by atoms with Crippen LogP contribution in [-0.2, 0) is 6.54 Å². The SMILES string of the molecule is O=[N+]([O-])c1cn2c(n1)OC(CSc1cccs1)C2. The van der Waals surface area contributed by atoms with Crippen LogP contribution in [0, 0.1) is 10.1 Å². The lowest BCUT2D eigenvalue weighted by atomic mass is 10.4. The number of aromatic nitrogens is 2. The van der Waals surface area contributed by atoms with Gasteiger partial charge in [-0.3, -0.25) is 4.57 Å². The van der Waals surface area contributed by atoms with Crippen LogP contribution < -0.4 is 4.74 Å². The Morgan fingerprint density at radius 2 is 2.61 bits per heavy atom. The van der Waals surface area contributed by atoms with Crippen molar-refractivity contribution in [3.05, 3.63) is 33.8 Å². The average molecular weight is 283 g/mol. The van der Waals surface area contributed by atoms with E-state index in [1.807, 2.05) is 11.4 Å². The van der Waals surface area contributed by atoms with Crippen molar-refractivity contribution in [3.63, 3.8) is 0 Å². The zero-order chi connectivity index (χ0) is 12.5. The van der Waals surface area contributed by atoms with Gasteiger partial charge in [-0.1, -0.05) is 6.07 Å². The van der Waals surface area contributed by atoms with E-state index in [-0.39, 0.29) is 11.9 Å². The van der Waals surface area contributed by atoms with E-state index >= 15 is 0 Å². The summed E-state index contributed by atoms with van der Waals surface area (Å²) in [6.07, 6.45) is 1.45. The Labute approximate surface area is 111 Å². The fraction of sp³-hybridized carbons (Fsp3) is 0.300. The predicted molar refractivity (Wildman–Crippen MR) is 68.3 cm³/mol. The number of nitrogens with zero attached hydrogens (tertiary/aromatic N) is 3. The van der Waals surface area contributed by atoms with Crippen molar-refractivity contribution in [2.45, 2.75) is 16.9 Å². The van der Waals surface area contributed by atoms with Crippen molar-refractivity contribution in [1.29, 1.82) is 0 Å². The summed E-state index contributed by atoms with van der Waals surface area (Å²) >= 11 is 3.42. The highest BCUT2D eigenvalue weighted by atomic mass is 32.2. The maximum atomic E-state index is 10.5. The Balaban J connectivity index is 1.60. The molecular formula is C10H9N3O3S2. The monoisotopic (exact) mass is 283 g/mol.